The minimum Gasteiger partial charge on any atom is -0.406 e. The molecule has 1 aliphatic carbocycles. The fourth-order valence-electron chi connectivity index (χ4n) is 2.61. The lowest BCUT2D eigenvalue weighted by Gasteiger charge is -2.26. The summed E-state index contributed by atoms with van der Waals surface area (Å²) in [7, 11) is 0. The molecule has 1 aliphatic rings. The molecule has 1 aromatic carbocycles. The molecule has 148 valence electrons. The molecule has 0 amide bonds. The maximum atomic E-state index is 12.1. The number of hydrogen-bond donors (Lipinski definition) is 2. The van der Waals surface area contributed by atoms with Crippen molar-refractivity contribution < 1.29 is 17.9 Å². The average Bonchev–Trinajstić information content (AvgIpc) is 3.33. The van der Waals surface area contributed by atoms with Crippen LogP contribution < -0.4 is 15.8 Å². The van der Waals surface area contributed by atoms with Gasteiger partial charge in [0.05, 0.1) is 6.54 Å². The summed E-state index contributed by atoms with van der Waals surface area (Å²) in [5.74, 6) is 0.0790. The van der Waals surface area contributed by atoms with E-state index in [1.165, 1.54) is 37.1 Å². The summed E-state index contributed by atoms with van der Waals surface area (Å²) >= 11 is 0. The van der Waals surface area contributed by atoms with Gasteiger partial charge in [-0.25, -0.2) is 4.99 Å². The number of guanidine groups is 1. The van der Waals surface area contributed by atoms with E-state index >= 15 is 0 Å². The number of nitrogens with one attached hydrogen (secondary N) is 1. The smallest absolute Gasteiger partial charge is 0.406 e. The number of halogens is 4. The highest BCUT2D eigenvalue weighted by molar-refractivity contribution is 14.0. The Balaban J connectivity index is 0.00000338. The third-order valence-electron chi connectivity index (χ3n) is 3.94. The van der Waals surface area contributed by atoms with Crippen LogP contribution in [0.3, 0.4) is 0 Å². The first-order valence-electron chi connectivity index (χ1n) is 8.39. The Bertz CT molecular complexity index is 572. The molecule has 0 saturated heterocycles. The van der Waals surface area contributed by atoms with Gasteiger partial charge in [-0.2, -0.15) is 0 Å². The molecule has 1 aromatic rings. The molecule has 0 atom stereocenters. The summed E-state index contributed by atoms with van der Waals surface area (Å²) < 4.78 is 40.1. The van der Waals surface area contributed by atoms with E-state index in [0.29, 0.717) is 31.1 Å². The summed E-state index contributed by atoms with van der Waals surface area (Å²) in [5, 5.41) is 3.08. The number of hydrogen-bond acceptors (Lipinski definition) is 3. The standard InChI is InChI=1S/C17H25F3N4O.HI/c1-12(2)24(14-5-6-14)10-9-22-16(21)23-11-13-3-7-15(8-4-13)25-17(18,19)20;/h3-4,7-8,12,14H,5-6,9-11H2,1-2H3,(H3,21,22,23);1H. The van der Waals surface area contributed by atoms with Crippen LogP contribution in [-0.2, 0) is 6.54 Å². The zero-order chi connectivity index (χ0) is 18.4. The maximum Gasteiger partial charge on any atom is 0.573 e. The maximum absolute atomic E-state index is 12.1. The molecule has 0 spiro atoms. The fourth-order valence-corrected chi connectivity index (χ4v) is 2.61. The van der Waals surface area contributed by atoms with Gasteiger partial charge in [-0.3, -0.25) is 4.90 Å². The van der Waals surface area contributed by atoms with Crippen LogP contribution in [0.15, 0.2) is 29.3 Å². The summed E-state index contributed by atoms with van der Waals surface area (Å²) in [6, 6.07) is 6.79. The van der Waals surface area contributed by atoms with E-state index in [1.54, 1.807) is 0 Å². The highest BCUT2D eigenvalue weighted by Crippen LogP contribution is 2.28. The SMILES string of the molecule is CC(C)N(CCNC(N)=NCc1ccc(OC(F)(F)F)cc1)C1CC1.I. The lowest BCUT2D eigenvalue weighted by atomic mass is 10.2. The van der Waals surface area contributed by atoms with Crippen molar-refractivity contribution in [3.63, 3.8) is 0 Å². The van der Waals surface area contributed by atoms with E-state index in [0.717, 1.165) is 12.1 Å². The number of nitrogens with zero attached hydrogens (tertiary/aromatic N) is 2. The number of nitrogens with two attached hydrogens (primary N) is 1. The molecular formula is C17H26F3IN4O. The molecule has 0 heterocycles. The van der Waals surface area contributed by atoms with Gasteiger partial charge in [0.2, 0.25) is 0 Å². The predicted molar refractivity (Wildman–Crippen MR) is 107 cm³/mol. The minimum atomic E-state index is -4.68. The largest absolute Gasteiger partial charge is 0.573 e. The van der Waals surface area contributed by atoms with E-state index in [1.807, 2.05) is 0 Å². The number of aliphatic imine (C=N–C) groups is 1. The number of rotatable bonds is 8. The van der Waals surface area contributed by atoms with Gasteiger partial charge >= 0.3 is 6.36 Å². The second-order valence-electron chi connectivity index (χ2n) is 6.38. The lowest BCUT2D eigenvalue weighted by Crippen LogP contribution is -2.42. The van der Waals surface area contributed by atoms with Gasteiger partial charge in [-0.1, -0.05) is 12.1 Å². The van der Waals surface area contributed by atoms with Crippen molar-refractivity contribution in [2.24, 2.45) is 10.7 Å². The summed E-state index contributed by atoms with van der Waals surface area (Å²) in [4.78, 5) is 6.65. The Morgan fingerprint density at radius 3 is 2.42 bits per heavy atom. The van der Waals surface area contributed by atoms with Crippen LogP contribution in [0.4, 0.5) is 13.2 Å². The average molecular weight is 486 g/mol. The van der Waals surface area contributed by atoms with Crippen molar-refractivity contribution in [3.8, 4) is 5.75 Å². The number of alkyl halides is 3. The van der Waals surface area contributed by atoms with Gasteiger partial charge < -0.3 is 15.8 Å². The van der Waals surface area contributed by atoms with Crippen molar-refractivity contribution in [1.29, 1.82) is 0 Å². The molecule has 2 rings (SSSR count). The molecule has 1 saturated carbocycles. The number of ether oxygens (including phenoxy) is 1. The van der Waals surface area contributed by atoms with Gasteiger partial charge in [-0.15, -0.1) is 37.1 Å². The van der Waals surface area contributed by atoms with Crippen LogP contribution in [0.1, 0.15) is 32.3 Å². The highest BCUT2D eigenvalue weighted by Gasteiger charge is 2.31. The molecule has 0 bridgehead atoms. The van der Waals surface area contributed by atoms with E-state index in [2.05, 4.69) is 33.8 Å². The van der Waals surface area contributed by atoms with E-state index in [4.69, 9.17) is 5.73 Å². The van der Waals surface area contributed by atoms with Crippen molar-refractivity contribution in [2.45, 2.75) is 51.7 Å². The first-order chi connectivity index (χ1) is 11.7. The van der Waals surface area contributed by atoms with Gasteiger partial charge in [0.25, 0.3) is 0 Å². The zero-order valence-corrected chi connectivity index (χ0v) is 17.3. The first-order valence-corrected chi connectivity index (χ1v) is 8.39. The molecule has 9 heteroatoms. The highest BCUT2D eigenvalue weighted by atomic mass is 127. The normalized spacial score (nSPS) is 15.1. The number of benzene rings is 1. The Kier molecular flexibility index (Phi) is 8.94. The van der Waals surface area contributed by atoms with E-state index < -0.39 is 6.36 Å². The fraction of sp³-hybridized carbons (Fsp3) is 0.588. The monoisotopic (exact) mass is 486 g/mol. The van der Waals surface area contributed by atoms with Gasteiger partial charge in [0.15, 0.2) is 5.96 Å². The first kappa shape index (κ1) is 22.8. The molecule has 1 fully saturated rings. The van der Waals surface area contributed by atoms with Crippen LogP contribution in [-0.4, -0.2) is 42.4 Å². The molecular weight excluding hydrogens is 460 g/mol. The van der Waals surface area contributed by atoms with Crippen LogP contribution in [0.2, 0.25) is 0 Å². The Morgan fingerprint density at radius 1 is 1.31 bits per heavy atom. The van der Waals surface area contributed by atoms with Crippen molar-refractivity contribution in [1.82, 2.24) is 10.2 Å². The summed E-state index contributed by atoms with van der Waals surface area (Å²) in [6.07, 6.45) is -2.16. The topological polar surface area (TPSA) is 62.9 Å². The Morgan fingerprint density at radius 2 is 1.92 bits per heavy atom. The van der Waals surface area contributed by atoms with Crippen LogP contribution in [0.5, 0.6) is 5.75 Å². The second kappa shape index (κ2) is 10.2. The lowest BCUT2D eigenvalue weighted by molar-refractivity contribution is -0.274. The minimum absolute atomic E-state index is 0. The molecule has 0 aromatic heterocycles. The van der Waals surface area contributed by atoms with Gasteiger partial charge in [-0.05, 0) is 44.4 Å². The van der Waals surface area contributed by atoms with Crippen LogP contribution in [0, 0.1) is 0 Å². The van der Waals surface area contributed by atoms with Gasteiger partial charge in [0.1, 0.15) is 5.75 Å². The molecule has 26 heavy (non-hydrogen) atoms. The van der Waals surface area contributed by atoms with Crippen molar-refractivity contribution in [2.75, 3.05) is 13.1 Å². The van der Waals surface area contributed by atoms with Gasteiger partial charge in [0, 0.05) is 25.2 Å². The predicted octanol–water partition coefficient (Wildman–Crippen LogP) is 3.48. The molecule has 0 aliphatic heterocycles. The van der Waals surface area contributed by atoms with Crippen LogP contribution in [0.25, 0.3) is 0 Å². The Labute approximate surface area is 169 Å². The quantitative estimate of drug-likeness (QED) is 0.336. The molecule has 5 nitrogen and oxygen atoms in total. The third-order valence-corrected chi connectivity index (χ3v) is 3.94. The second-order valence-corrected chi connectivity index (χ2v) is 6.38. The summed E-state index contributed by atoms with van der Waals surface area (Å²) in [6.45, 7) is 6.27. The van der Waals surface area contributed by atoms with E-state index in [9.17, 15) is 13.2 Å². The van der Waals surface area contributed by atoms with Crippen LogP contribution >= 0.6 is 24.0 Å². The third kappa shape index (κ3) is 8.43. The van der Waals surface area contributed by atoms with Crippen molar-refractivity contribution in [3.05, 3.63) is 29.8 Å². The molecule has 0 radical (unpaired) electrons. The molecule has 0 unspecified atom stereocenters. The summed E-state index contributed by atoms with van der Waals surface area (Å²) in [5.41, 5.74) is 6.59. The Hall–Kier alpha value is -1.23. The van der Waals surface area contributed by atoms with Crippen molar-refractivity contribution >= 4 is 29.9 Å². The molecule has 3 N–H and O–H groups in total. The zero-order valence-electron chi connectivity index (χ0n) is 14.9. The van der Waals surface area contributed by atoms with E-state index in [-0.39, 0.29) is 29.7 Å².